The van der Waals surface area contributed by atoms with Gasteiger partial charge in [0.15, 0.2) is 0 Å². The van der Waals surface area contributed by atoms with E-state index in [1.54, 1.807) is 7.11 Å². The molecule has 0 saturated carbocycles. The van der Waals surface area contributed by atoms with Crippen LogP contribution in [0.5, 0.6) is 0 Å². The third-order valence-electron chi connectivity index (χ3n) is 3.02. The smallest absolute Gasteiger partial charge is 0.105 e. The van der Waals surface area contributed by atoms with Gasteiger partial charge in [-0.05, 0) is 33.1 Å². The fourth-order valence-electron chi connectivity index (χ4n) is 2.21. The molecule has 0 aliphatic rings. The van der Waals surface area contributed by atoms with E-state index in [1.165, 1.54) is 0 Å². The van der Waals surface area contributed by atoms with E-state index in [4.69, 9.17) is 4.74 Å². The standard InChI is InChI=1S/C15H31N3O/c1-13(2)11-18(9-10-19-6)8-7-15(5,12-16)17-14(3)4/h13-14,17H,7-11H2,1-6H3. The number of nitrogens with one attached hydrogen (secondary N) is 1. The lowest BCUT2D eigenvalue weighted by molar-refractivity contribution is 0.134. The average molecular weight is 269 g/mol. The van der Waals surface area contributed by atoms with Gasteiger partial charge in [-0.15, -0.1) is 0 Å². The second-order valence-corrected chi connectivity index (χ2v) is 6.18. The molecule has 0 aromatic rings. The number of ether oxygens (including phenoxy) is 1. The molecule has 1 atom stereocenters. The monoisotopic (exact) mass is 269 g/mol. The summed E-state index contributed by atoms with van der Waals surface area (Å²) in [5.41, 5.74) is -0.448. The fraction of sp³-hybridized carbons (Fsp3) is 0.933. The quantitative estimate of drug-likeness (QED) is 0.661. The van der Waals surface area contributed by atoms with Crippen LogP contribution in [-0.2, 0) is 4.74 Å². The third kappa shape index (κ3) is 8.99. The number of hydrogen-bond acceptors (Lipinski definition) is 4. The maximum absolute atomic E-state index is 9.35. The van der Waals surface area contributed by atoms with E-state index in [2.05, 4.69) is 44.0 Å². The molecule has 0 radical (unpaired) electrons. The first-order valence-electron chi connectivity index (χ1n) is 7.23. The predicted octanol–water partition coefficient (Wildman–Crippen LogP) is 2.26. The van der Waals surface area contributed by atoms with Crippen molar-refractivity contribution < 1.29 is 4.74 Å². The highest BCUT2D eigenvalue weighted by Gasteiger charge is 2.25. The zero-order valence-electron chi connectivity index (χ0n) is 13.5. The molecule has 0 saturated heterocycles. The Bertz CT molecular complexity index is 273. The summed E-state index contributed by atoms with van der Waals surface area (Å²) in [6, 6.07) is 2.73. The van der Waals surface area contributed by atoms with E-state index in [0.717, 1.165) is 32.7 Å². The van der Waals surface area contributed by atoms with Gasteiger partial charge in [-0.2, -0.15) is 5.26 Å². The highest BCUT2D eigenvalue weighted by atomic mass is 16.5. The molecular weight excluding hydrogens is 238 g/mol. The molecular formula is C15H31N3O. The minimum absolute atomic E-state index is 0.321. The van der Waals surface area contributed by atoms with Crippen molar-refractivity contribution >= 4 is 0 Å². The van der Waals surface area contributed by atoms with E-state index in [0.29, 0.717) is 12.0 Å². The van der Waals surface area contributed by atoms with Gasteiger partial charge in [0.2, 0.25) is 0 Å². The molecule has 0 aliphatic heterocycles. The highest BCUT2D eigenvalue weighted by molar-refractivity contribution is 5.04. The summed E-state index contributed by atoms with van der Waals surface area (Å²) in [5, 5.41) is 12.7. The lowest BCUT2D eigenvalue weighted by atomic mass is 9.98. The Morgan fingerprint density at radius 2 is 1.89 bits per heavy atom. The van der Waals surface area contributed by atoms with Crippen LogP contribution in [0.1, 0.15) is 41.0 Å². The van der Waals surface area contributed by atoms with Crippen LogP contribution in [0.25, 0.3) is 0 Å². The molecule has 0 aromatic heterocycles. The molecule has 0 bridgehead atoms. The largest absolute Gasteiger partial charge is 0.383 e. The molecule has 0 spiro atoms. The minimum atomic E-state index is -0.448. The molecule has 0 rings (SSSR count). The van der Waals surface area contributed by atoms with Crippen molar-refractivity contribution in [1.82, 2.24) is 10.2 Å². The van der Waals surface area contributed by atoms with Crippen LogP contribution >= 0.6 is 0 Å². The Hall–Kier alpha value is -0.630. The van der Waals surface area contributed by atoms with E-state index in [9.17, 15) is 5.26 Å². The summed E-state index contributed by atoms with van der Waals surface area (Å²) in [6.07, 6.45) is 0.831. The fourth-order valence-corrected chi connectivity index (χ4v) is 2.21. The van der Waals surface area contributed by atoms with Gasteiger partial charge in [0, 0.05) is 32.8 Å². The molecule has 0 fully saturated rings. The third-order valence-corrected chi connectivity index (χ3v) is 3.02. The van der Waals surface area contributed by atoms with Gasteiger partial charge >= 0.3 is 0 Å². The van der Waals surface area contributed by atoms with Crippen LogP contribution in [0.2, 0.25) is 0 Å². The molecule has 19 heavy (non-hydrogen) atoms. The van der Waals surface area contributed by atoms with Crippen molar-refractivity contribution in [1.29, 1.82) is 5.26 Å². The summed E-state index contributed by atoms with van der Waals surface area (Å²) in [7, 11) is 1.73. The number of rotatable bonds is 10. The van der Waals surface area contributed by atoms with Crippen molar-refractivity contribution in [2.75, 3.05) is 33.4 Å². The van der Waals surface area contributed by atoms with Gasteiger partial charge in [-0.3, -0.25) is 5.32 Å². The Kier molecular flexibility index (Phi) is 8.99. The first-order chi connectivity index (χ1) is 8.83. The van der Waals surface area contributed by atoms with Gasteiger partial charge in [-0.1, -0.05) is 13.8 Å². The maximum atomic E-state index is 9.35. The van der Waals surface area contributed by atoms with Crippen LogP contribution in [0.4, 0.5) is 0 Å². The molecule has 1 unspecified atom stereocenters. The van der Waals surface area contributed by atoms with Gasteiger partial charge in [-0.25, -0.2) is 0 Å². The average Bonchev–Trinajstić information content (AvgIpc) is 2.31. The summed E-state index contributed by atoms with van der Waals surface area (Å²) in [6.45, 7) is 14.2. The summed E-state index contributed by atoms with van der Waals surface area (Å²) >= 11 is 0. The minimum Gasteiger partial charge on any atom is -0.383 e. The van der Waals surface area contributed by atoms with Crippen LogP contribution in [-0.4, -0.2) is 49.8 Å². The number of hydrogen-bond donors (Lipinski definition) is 1. The van der Waals surface area contributed by atoms with E-state index < -0.39 is 5.54 Å². The Labute approximate surface area is 119 Å². The van der Waals surface area contributed by atoms with E-state index >= 15 is 0 Å². The van der Waals surface area contributed by atoms with Crippen LogP contribution in [0.3, 0.4) is 0 Å². The van der Waals surface area contributed by atoms with Gasteiger partial charge in [0.05, 0.1) is 12.7 Å². The Morgan fingerprint density at radius 1 is 1.26 bits per heavy atom. The first kappa shape index (κ1) is 18.4. The highest BCUT2D eigenvalue weighted by Crippen LogP contribution is 2.12. The predicted molar refractivity (Wildman–Crippen MR) is 80.1 cm³/mol. The van der Waals surface area contributed by atoms with Crippen molar-refractivity contribution in [3.05, 3.63) is 0 Å². The number of nitrogens with zero attached hydrogens (tertiary/aromatic N) is 2. The zero-order valence-corrected chi connectivity index (χ0v) is 13.5. The molecule has 4 nitrogen and oxygen atoms in total. The molecule has 0 aromatic carbocycles. The Balaban J connectivity index is 4.37. The Morgan fingerprint density at radius 3 is 2.32 bits per heavy atom. The normalized spacial score (nSPS) is 14.9. The molecule has 112 valence electrons. The second kappa shape index (κ2) is 9.30. The van der Waals surface area contributed by atoms with Crippen molar-refractivity contribution in [3.63, 3.8) is 0 Å². The van der Waals surface area contributed by atoms with Crippen molar-refractivity contribution in [2.24, 2.45) is 5.92 Å². The topological polar surface area (TPSA) is 48.3 Å². The van der Waals surface area contributed by atoms with Crippen LogP contribution < -0.4 is 5.32 Å². The lowest BCUT2D eigenvalue weighted by Crippen LogP contribution is -2.47. The zero-order chi connectivity index (χ0) is 14.9. The van der Waals surface area contributed by atoms with Gasteiger partial charge in [0.1, 0.15) is 5.54 Å². The molecule has 0 heterocycles. The molecule has 1 N–H and O–H groups in total. The lowest BCUT2D eigenvalue weighted by Gasteiger charge is -2.30. The van der Waals surface area contributed by atoms with Gasteiger partial charge < -0.3 is 9.64 Å². The number of methoxy groups -OCH3 is 1. The van der Waals surface area contributed by atoms with Crippen molar-refractivity contribution in [3.8, 4) is 6.07 Å². The second-order valence-electron chi connectivity index (χ2n) is 6.18. The van der Waals surface area contributed by atoms with Crippen molar-refractivity contribution in [2.45, 2.75) is 52.6 Å². The summed E-state index contributed by atoms with van der Waals surface area (Å²) in [4.78, 5) is 2.38. The molecule has 0 aliphatic carbocycles. The van der Waals surface area contributed by atoms with Gasteiger partial charge in [0.25, 0.3) is 0 Å². The summed E-state index contributed by atoms with van der Waals surface area (Å²) in [5.74, 6) is 0.628. The number of nitriles is 1. The van der Waals surface area contributed by atoms with Crippen LogP contribution in [0.15, 0.2) is 0 Å². The first-order valence-corrected chi connectivity index (χ1v) is 7.23. The summed E-state index contributed by atoms with van der Waals surface area (Å²) < 4.78 is 5.15. The maximum Gasteiger partial charge on any atom is 0.105 e. The SMILES string of the molecule is COCCN(CCC(C)(C#N)NC(C)C)CC(C)C. The van der Waals surface area contributed by atoms with E-state index in [1.807, 2.05) is 6.92 Å². The molecule has 0 amide bonds. The van der Waals surface area contributed by atoms with Crippen LogP contribution in [0, 0.1) is 17.2 Å². The van der Waals surface area contributed by atoms with E-state index in [-0.39, 0.29) is 0 Å². The molecule has 4 heteroatoms.